The maximum atomic E-state index is 5.79. The van der Waals surface area contributed by atoms with Gasteiger partial charge in [-0.05, 0) is 37.1 Å². The van der Waals surface area contributed by atoms with Crippen molar-refractivity contribution in [2.45, 2.75) is 32.4 Å². The van der Waals surface area contributed by atoms with Crippen LogP contribution in [0.25, 0.3) is 0 Å². The highest BCUT2D eigenvalue weighted by Crippen LogP contribution is 2.31. The van der Waals surface area contributed by atoms with E-state index < -0.39 is 0 Å². The van der Waals surface area contributed by atoms with E-state index in [0.717, 1.165) is 24.2 Å². The molecule has 0 bridgehead atoms. The van der Waals surface area contributed by atoms with Crippen LogP contribution in [-0.4, -0.2) is 18.6 Å². The van der Waals surface area contributed by atoms with Crippen LogP contribution in [0.2, 0.25) is 0 Å². The van der Waals surface area contributed by atoms with Crippen molar-refractivity contribution in [3.8, 4) is 0 Å². The van der Waals surface area contributed by atoms with Crippen molar-refractivity contribution in [3.05, 3.63) is 65.5 Å². The summed E-state index contributed by atoms with van der Waals surface area (Å²) in [6.45, 7) is 5.12. The summed E-state index contributed by atoms with van der Waals surface area (Å²) in [6.07, 6.45) is 3.00. The fourth-order valence-corrected chi connectivity index (χ4v) is 2.47. The molecule has 1 N–H and O–H groups in total. The Kier molecular flexibility index (Phi) is 5.90. The minimum atomic E-state index is -0.0257. The number of pyridine rings is 1. The number of hydrogen-bond acceptors (Lipinski definition) is 3. The first kappa shape index (κ1) is 15.7. The monoisotopic (exact) mass is 284 g/mol. The topological polar surface area (TPSA) is 34.2 Å². The average molecular weight is 284 g/mol. The van der Waals surface area contributed by atoms with Crippen molar-refractivity contribution in [2.24, 2.45) is 0 Å². The second-order valence-corrected chi connectivity index (χ2v) is 5.23. The van der Waals surface area contributed by atoms with Gasteiger partial charge in [0.2, 0.25) is 0 Å². The lowest BCUT2D eigenvalue weighted by Gasteiger charge is -2.28. The van der Waals surface area contributed by atoms with Crippen LogP contribution in [-0.2, 0) is 4.74 Å². The van der Waals surface area contributed by atoms with Crippen LogP contribution in [0.3, 0.4) is 0 Å². The molecule has 0 spiro atoms. The minimum absolute atomic E-state index is 0.0257. The lowest BCUT2D eigenvalue weighted by molar-refractivity contribution is 0.0675. The van der Waals surface area contributed by atoms with Crippen LogP contribution in [0.1, 0.15) is 42.3 Å². The van der Waals surface area contributed by atoms with E-state index in [-0.39, 0.29) is 12.1 Å². The van der Waals surface area contributed by atoms with Gasteiger partial charge in [-0.15, -0.1) is 0 Å². The third-order valence-electron chi connectivity index (χ3n) is 3.59. The van der Waals surface area contributed by atoms with E-state index in [9.17, 15) is 0 Å². The number of hydrogen-bond donors (Lipinski definition) is 1. The van der Waals surface area contributed by atoms with Gasteiger partial charge in [-0.3, -0.25) is 4.98 Å². The summed E-state index contributed by atoms with van der Waals surface area (Å²) in [7, 11) is 1.76. The van der Waals surface area contributed by atoms with Gasteiger partial charge in [0.25, 0.3) is 0 Å². The van der Waals surface area contributed by atoms with Gasteiger partial charge in [-0.1, -0.05) is 43.3 Å². The lowest BCUT2D eigenvalue weighted by atomic mass is 9.96. The van der Waals surface area contributed by atoms with Crippen LogP contribution >= 0.6 is 0 Å². The van der Waals surface area contributed by atoms with Crippen LogP contribution in [0.15, 0.2) is 48.7 Å². The van der Waals surface area contributed by atoms with Crippen molar-refractivity contribution in [1.82, 2.24) is 10.3 Å². The molecule has 2 aromatic rings. The SMILES string of the molecule is CCCNC(c1ccc(C)nc1)C(OC)c1ccccc1. The predicted molar refractivity (Wildman–Crippen MR) is 86.2 cm³/mol. The molecule has 1 heterocycles. The molecule has 0 aliphatic rings. The third kappa shape index (κ3) is 4.13. The molecule has 0 amide bonds. The molecule has 1 aromatic heterocycles. The second kappa shape index (κ2) is 7.91. The molecule has 0 saturated carbocycles. The molecule has 0 radical (unpaired) electrons. The molecular weight excluding hydrogens is 260 g/mol. The molecular formula is C18H24N2O. The zero-order chi connectivity index (χ0) is 15.1. The van der Waals surface area contributed by atoms with Crippen LogP contribution < -0.4 is 5.32 Å². The summed E-state index contributed by atoms with van der Waals surface area (Å²) in [5, 5.41) is 3.59. The molecule has 2 atom stereocenters. The van der Waals surface area contributed by atoms with Crippen molar-refractivity contribution in [3.63, 3.8) is 0 Å². The highest BCUT2D eigenvalue weighted by Gasteiger charge is 2.24. The van der Waals surface area contributed by atoms with Gasteiger partial charge >= 0.3 is 0 Å². The highest BCUT2D eigenvalue weighted by atomic mass is 16.5. The van der Waals surface area contributed by atoms with Crippen LogP contribution in [0.4, 0.5) is 0 Å². The van der Waals surface area contributed by atoms with Gasteiger partial charge in [0.1, 0.15) is 6.10 Å². The summed E-state index contributed by atoms with van der Waals surface area (Å²) in [5.74, 6) is 0. The summed E-state index contributed by atoms with van der Waals surface area (Å²) < 4.78 is 5.79. The normalized spacial score (nSPS) is 13.9. The molecule has 0 saturated heterocycles. The summed E-state index contributed by atoms with van der Waals surface area (Å²) in [6, 6.07) is 14.6. The van der Waals surface area contributed by atoms with Gasteiger partial charge in [0.05, 0.1) is 6.04 Å². The fourth-order valence-electron chi connectivity index (χ4n) is 2.47. The third-order valence-corrected chi connectivity index (χ3v) is 3.59. The molecule has 112 valence electrons. The Hall–Kier alpha value is -1.71. The van der Waals surface area contributed by atoms with Gasteiger partial charge in [-0.2, -0.15) is 0 Å². The van der Waals surface area contributed by atoms with E-state index in [1.807, 2.05) is 37.4 Å². The van der Waals surface area contributed by atoms with Gasteiger partial charge in [0, 0.05) is 19.0 Å². The molecule has 2 unspecified atom stereocenters. The van der Waals surface area contributed by atoms with Gasteiger partial charge in [-0.25, -0.2) is 0 Å². The molecule has 1 aromatic carbocycles. The Labute approximate surface area is 127 Å². The molecule has 2 rings (SSSR count). The first-order valence-electron chi connectivity index (χ1n) is 7.50. The quantitative estimate of drug-likeness (QED) is 0.839. The van der Waals surface area contributed by atoms with E-state index >= 15 is 0 Å². The van der Waals surface area contributed by atoms with E-state index in [1.165, 1.54) is 5.56 Å². The van der Waals surface area contributed by atoms with E-state index in [0.29, 0.717) is 0 Å². The minimum Gasteiger partial charge on any atom is -0.375 e. The predicted octanol–water partition coefficient (Wildman–Crippen LogP) is 3.82. The zero-order valence-electron chi connectivity index (χ0n) is 13.0. The fraction of sp³-hybridized carbons (Fsp3) is 0.389. The number of methoxy groups -OCH3 is 1. The number of ether oxygens (including phenoxy) is 1. The number of nitrogens with one attached hydrogen (secondary N) is 1. The lowest BCUT2D eigenvalue weighted by Crippen LogP contribution is -2.29. The molecule has 0 aliphatic heterocycles. The number of nitrogens with zero attached hydrogens (tertiary/aromatic N) is 1. The Bertz CT molecular complexity index is 525. The smallest absolute Gasteiger partial charge is 0.102 e. The maximum Gasteiger partial charge on any atom is 0.102 e. The van der Waals surface area contributed by atoms with Crippen LogP contribution in [0, 0.1) is 6.92 Å². The summed E-state index contributed by atoms with van der Waals surface area (Å²) >= 11 is 0. The summed E-state index contributed by atoms with van der Waals surface area (Å²) in [5.41, 5.74) is 3.36. The first-order valence-corrected chi connectivity index (χ1v) is 7.50. The Morgan fingerprint density at radius 1 is 1.10 bits per heavy atom. The Morgan fingerprint density at radius 2 is 1.86 bits per heavy atom. The van der Waals surface area contributed by atoms with Gasteiger partial charge in [0.15, 0.2) is 0 Å². The van der Waals surface area contributed by atoms with Crippen molar-refractivity contribution >= 4 is 0 Å². The van der Waals surface area contributed by atoms with Crippen molar-refractivity contribution < 1.29 is 4.74 Å². The van der Waals surface area contributed by atoms with Crippen LogP contribution in [0.5, 0.6) is 0 Å². The standard InChI is InChI=1S/C18H24N2O/c1-4-12-19-17(16-11-10-14(2)20-13-16)18(21-3)15-8-6-5-7-9-15/h5-11,13,17-19H,4,12H2,1-3H3. The number of benzene rings is 1. The number of aromatic nitrogens is 1. The van der Waals surface area contributed by atoms with E-state index in [2.05, 4.69) is 35.4 Å². The average Bonchev–Trinajstić information content (AvgIpc) is 2.53. The largest absolute Gasteiger partial charge is 0.375 e. The molecule has 3 nitrogen and oxygen atoms in total. The number of rotatable bonds is 7. The molecule has 0 aliphatic carbocycles. The van der Waals surface area contributed by atoms with Crippen molar-refractivity contribution in [1.29, 1.82) is 0 Å². The molecule has 0 fully saturated rings. The molecule has 21 heavy (non-hydrogen) atoms. The van der Waals surface area contributed by atoms with Crippen molar-refractivity contribution in [2.75, 3.05) is 13.7 Å². The first-order chi connectivity index (χ1) is 10.3. The van der Waals surface area contributed by atoms with E-state index in [1.54, 1.807) is 7.11 Å². The highest BCUT2D eigenvalue weighted by molar-refractivity contribution is 5.25. The molecule has 3 heteroatoms. The second-order valence-electron chi connectivity index (χ2n) is 5.23. The van der Waals surface area contributed by atoms with E-state index in [4.69, 9.17) is 4.74 Å². The number of aryl methyl sites for hydroxylation is 1. The maximum absolute atomic E-state index is 5.79. The zero-order valence-corrected chi connectivity index (χ0v) is 13.0. The summed E-state index contributed by atoms with van der Waals surface area (Å²) in [4.78, 5) is 4.42. The Morgan fingerprint density at radius 3 is 2.43 bits per heavy atom. The Balaban J connectivity index is 2.31. The van der Waals surface area contributed by atoms with Gasteiger partial charge < -0.3 is 10.1 Å².